The first-order valence-corrected chi connectivity index (χ1v) is 14.8. The number of carbonyl (C=O) groups excluding carboxylic acids is 1. The molecule has 0 bridgehead atoms. The van der Waals surface area contributed by atoms with Gasteiger partial charge in [-0.05, 0) is 67.5 Å². The van der Waals surface area contributed by atoms with Crippen LogP contribution in [-0.2, 0) is 28.5 Å². The molecular weight excluding hydrogens is 524 g/mol. The summed E-state index contributed by atoms with van der Waals surface area (Å²) in [6.07, 6.45) is 12.4. The Morgan fingerprint density at radius 1 is 1.05 bits per heavy atom. The van der Waals surface area contributed by atoms with Crippen LogP contribution in [0, 0.1) is 11.8 Å². The van der Waals surface area contributed by atoms with Crippen LogP contribution >= 0.6 is 0 Å². The lowest BCUT2D eigenvalue weighted by Crippen LogP contribution is -2.36. The fourth-order valence-electron chi connectivity index (χ4n) is 5.79. The Morgan fingerprint density at radius 2 is 1.88 bits per heavy atom. The average molecular weight is 565 g/mol. The number of benzene rings is 2. The number of carbonyl (C=O) groups is 2. The van der Waals surface area contributed by atoms with Crippen molar-refractivity contribution in [3.63, 3.8) is 0 Å². The largest absolute Gasteiger partial charge is 0.488 e. The third-order valence-corrected chi connectivity index (χ3v) is 8.00. The number of aliphatic carboxylic acids is 1. The van der Waals surface area contributed by atoms with Crippen molar-refractivity contribution in [2.24, 2.45) is 11.8 Å². The molecular formula is C33H40O8. The maximum Gasteiger partial charge on any atom is 0.303 e. The number of rotatable bonds is 13. The van der Waals surface area contributed by atoms with Crippen LogP contribution in [-0.4, -0.2) is 61.5 Å². The lowest BCUT2D eigenvalue weighted by Gasteiger charge is -2.29. The molecule has 0 aromatic heterocycles. The Morgan fingerprint density at radius 3 is 2.66 bits per heavy atom. The van der Waals surface area contributed by atoms with Crippen LogP contribution in [0.4, 0.5) is 0 Å². The number of ether oxygens (including phenoxy) is 5. The number of fused-ring (bicyclic) bond motifs is 1. The smallest absolute Gasteiger partial charge is 0.303 e. The Balaban J connectivity index is 1.29. The predicted octanol–water partition coefficient (Wildman–Crippen LogP) is 5.84. The number of unbranched alkanes of at least 4 members (excludes halogenated alkanes) is 1. The summed E-state index contributed by atoms with van der Waals surface area (Å²) in [5.41, 5.74) is 0. The molecule has 0 amide bonds. The van der Waals surface area contributed by atoms with Crippen LogP contribution in [0.2, 0.25) is 0 Å². The second kappa shape index (κ2) is 14.2. The van der Waals surface area contributed by atoms with Crippen molar-refractivity contribution in [2.75, 3.05) is 26.4 Å². The van der Waals surface area contributed by atoms with E-state index >= 15 is 0 Å². The molecule has 3 aliphatic rings. The van der Waals surface area contributed by atoms with Gasteiger partial charge in [0, 0.05) is 31.3 Å². The monoisotopic (exact) mass is 564 g/mol. The molecule has 8 heteroatoms. The van der Waals surface area contributed by atoms with Gasteiger partial charge in [-0.2, -0.15) is 0 Å². The number of Topliss-reactive ketones (excluding diaryl/α,β-unsaturated/α-hetero) is 1. The highest BCUT2D eigenvalue weighted by Crippen LogP contribution is 2.38. The minimum absolute atomic E-state index is 0.138. The third kappa shape index (κ3) is 8.04. The molecule has 2 aliphatic heterocycles. The van der Waals surface area contributed by atoms with E-state index in [2.05, 4.69) is 12.1 Å². The van der Waals surface area contributed by atoms with E-state index in [1.165, 1.54) is 0 Å². The minimum Gasteiger partial charge on any atom is -0.488 e. The first-order valence-electron chi connectivity index (χ1n) is 14.8. The molecule has 220 valence electrons. The van der Waals surface area contributed by atoms with E-state index in [0.29, 0.717) is 45.5 Å². The fraction of sp³-hybridized carbons (Fsp3) is 0.515. The van der Waals surface area contributed by atoms with E-state index in [0.717, 1.165) is 35.8 Å². The van der Waals surface area contributed by atoms with Crippen molar-refractivity contribution in [1.82, 2.24) is 0 Å². The summed E-state index contributed by atoms with van der Waals surface area (Å²) in [5.74, 6) is -1.40. The number of hydrogen-bond acceptors (Lipinski definition) is 7. The molecule has 2 heterocycles. The molecule has 41 heavy (non-hydrogen) atoms. The molecule has 8 nitrogen and oxygen atoms in total. The van der Waals surface area contributed by atoms with E-state index in [1.54, 1.807) is 0 Å². The number of carboxylic acids is 1. The maximum absolute atomic E-state index is 13.2. The van der Waals surface area contributed by atoms with Gasteiger partial charge in [0.2, 0.25) is 5.79 Å². The van der Waals surface area contributed by atoms with Crippen molar-refractivity contribution in [2.45, 2.75) is 69.5 Å². The zero-order valence-electron chi connectivity index (χ0n) is 23.5. The number of hydrogen-bond donors (Lipinski definition) is 1. The van der Waals surface area contributed by atoms with Gasteiger partial charge in [0.25, 0.3) is 0 Å². The van der Waals surface area contributed by atoms with Gasteiger partial charge in [-0.1, -0.05) is 48.6 Å². The SMILES string of the molecule is O=C(O)CCC/C=C\C[C@H]1C(=O)C[C@@H](OC2CCCCO2)[C@@H]1/C=C/C1(COc2ccc3ccccc3c2)OCCO1. The molecule has 0 radical (unpaired) electrons. The molecule has 5 rings (SSSR count). The zero-order valence-corrected chi connectivity index (χ0v) is 23.5. The number of allylic oxidation sites excluding steroid dienone is 2. The van der Waals surface area contributed by atoms with Crippen LogP contribution in [0.3, 0.4) is 0 Å². The Kier molecular flexibility index (Phi) is 10.2. The van der Waals surface area contributed by atoms with Crippen molar-refractivity contribution >= 4 is 22.5 Å². The van der Waals surface area contributed by atoms with Crippen molar-refractivity contribution < 1.29 is 38.4 Å². The average Bonchev–Trinajstić information content (AvgIpc) is 3.57. The fourth-order valence-corrected chi connectivity index (χ4v) is 5.79. The van der Waals surface area contributed by atoms with Gasteiger partial charge in [0.05, 0.1) is 19.3 Å². The highest BCUT2D eigenvalue weighted by molar-refractivity contribution is 5.85. The van der Waals surface area contributed by atoms with Crippen molar-refractivity contribution in [3.8, 4) is 5.75 Å². The van der Waals surface area contributed by atoms with Crippen LogP contribution < -0.4 is 4.74 Å². The lowest BCUT2D eigenvalue weighted by molar-refractivity contribution is -0.192. The molecule has 2 aromatic carbocycles. The highest BCUT2D eigenvalue weighted by Gasteiger charge is 2.44. The van der Waals surface area contributed by atoms with Gasteiger partial charge in [-0.25, -0.2) is 0 Å². The first kappa shape index (κ1) is 29.5. The van der Waals surface area contributed by atoms with E-state index in [1.807, 2.05) is 54.6 Å². The second-order valence-electron chi connectivity index (χ2n) is 11.0. The Bertz CT molecular complexity index is 1220. The van der Waals surface area contributed by atoms with Gasteiger partial charge < -0.3 is 28.8 Å². The zero-order chi connectivity index (χ0) is 28.5. The second-order valence-corrected chi connectivity index (χ2v) is 11.0. The van der Waals surface area contributed by atoms with E-state index in [-0.39, 0.29) is 43.0 Å². The topological polar surface area (TPSA) is 101 Å². The molecule has 1 unspecified atom stereocenters. The molecule has 1 saturated carbocycles. The third-order valence-electron chi connectivity index (χ3n) is 8.00. The molecule has 4 atom stereocenters. The summed E-state index contributed by atoms with van der Waals surface area (Å²) in [7, 11) is 0. The van der Waals surface area contributed by atoms with Gasteiger partial charge in [0.1, 0.15) is 18.1 Å². The first-order chi connectivity index (χ1) is 20.0. The van der Waals surface area contributed by atoms with Crippen molar-refractivity contribution in [1.29, 1.82) is 0 Å². The Hall–Kier alpha value is -3.04. The van der Waals surface area contributed by atoms with Crippen molar-refractivity contribution in [3.05, 3.63) is 66.8 Å². The molecule has 2 saturated heterocycles. The summed E-state index contributed by atoms with van der Waals surface area (Å²) in [6, 6.07) is 14.1. The van der Waals surface area contributed by atoms with Gasteiger partial charge >= 0.3 is 5.97 Å². The Labute approximate surface area is 241 Å². The maximum atomic E-state index is 13.2. The minimum atomic E-state index is -1.06. The normalized spacial score (nSPS) is 26.4. The predicted molar refractivity (Wildman–Crippen MR) is 154 cm³/mol. The van der Waals surface area contributed by atoms with Gasteiger partial charge in [-0.15, -0.1) is 0 Å². The quantitative estimate of drug-likeness (QED) is 0.239. The molecule has 1 aliphatic carbocycles. The molecule has 1 N–H and O–H groups in total. The molecule has 2 aromatic rings. The van der Waals surface area contributed by atoms with Crippen LogP contribution in [0.5, 0.6) is 5.75 Å². The van der Waals surface area contributed by atoms with E-state index in [9.17, 15) is 9.59 Å². The summed E-state index contributed by atoms with van der Waals surface area (Å²) in [6.45, 7) is 1.75. The standard InChI is InChI=1S/C33H40O8/c34-29-22-30(41-32-13-7-8-18-37-32)28(27(29)11-3-1-2-4-12-31(35)36)16-17-33(39-19-20-40-33)23-38-26-15-14-24-9-5-6-10-25(24)21-26/h1,3,5-6,9-10,14-17,21,27-28,30,32H,2,4,7-8,11-13,18-20,22-23H2,(H,35,36)/b3-1-,17-16+/t27-,28-,30-,32?/m1/s1. The van der Waals surface area contributed by atoms with Gasteiger partial charge in [-0.3, -0.25) is 9.59 Å². The lowest BCUT2D eigenvalue weighted by atomic mass is 9.90. The van der Waals surface area contributed by atoms with E-state index < -0.39 is 11.8 Å². The number of carboxylic acid groups (broad SMARTS) is 1. The van der Waals surface area contributed by atoms with Crippen LogP contribution in [0.1, 0.15) is 51.4 Å². The highest BCUT2D eigenvalue weighted by atomic mass is 16.8. The summed E-state index contributed by atoms with van der Waals surface area (Å²) < 4.78 is 30.5. The molecule has 0 spiro atoms. The summed E-state index contributed by atoms with van der Waals surface area (Å²) in [5, 5.41) is 11.1. The van der Waals surface area contributed by atoms with Crippen LogP contribution in [0.15, 0.2) is 66.8 Å². The van der Waals surface area contributed by atoms with Gasteiger partial charge in [0.15, 0.2) is 6.29 Å². The summed E-state index contributed by atoms with van der Waals surface area (Å²) in [4.78, 5) is 24.0. The van der Waals surface area contributed by atoms with Crippen LogP contribution in [0.25, 0.3) is 10.8 Å². The molecule has 3 fully saturated rings. The van der Waals surface area contributed by atoms with E-state index in [4.69, 9.17) is 28.8 Å². The summed E-state index contributed by atoms with van der Waals surface area (Å²) >= 11 is 0. The number of ketones is 1.